The highest BCUT2D eigenvalue weighted by atomic mass is 32.2. The molecule has 1 heterocycles. The maximum atomic E-state index is 11.2. The second kappa shape index (κ2) is 5.18. The number of carbonyl (C=O) groups is 1. The van der Waals surface area contributed by atoms with Gasteiger partial charge in [-0.3, -0.25) is 0 Å². The molecule has 4 nitrogen and oxygen atoms in total. The molecule has 0 aliphatic rings. The predicted octanol–water partition coefficient (Wildman–Crippen LogP) is 2.94. The average Bonchev–Trinajstić information content (AvgIpc) is 2.34. The van der Waals surface area contributed by atoms with Crippen molar-refractivity contribution in [2.24, 2.45) is 0 Å². The van der Waals surface area contributed by atoms with E-state index in [-0.39, 0.29) is 5.56 Å². The zero-order chi connectivity index (χ0) is 13.1. The van der Waals surface area contributed by atoms with E-state index in [1.807, 2.05) is 19.9 Å². The number of aromatic carboxylic acids is 1. The van der Waals surface area contributed by atoms with E-state index in [9.17, 15) is 4.79 Å². The third kappa shape index (κ3) is 2.68. The Morgan fingerprint density at radius 1 is 1.22 bits per heavy atom. The fourth-order valence-corrected chi connectivity index (χ4v) is 2.37. The van der Waals surface area contributed by atoms with Crippen LogP contribution in [0.5, 0.6) is 0 Å². The third-order valence-corrected chi connectivity index (χ3v) is 3.53. The summed E-state index contributed by atoms with van der Waals surface area (Å²) in [5, 5.41) is 9.71. The third-order valence-electron chi connectivity index (χ3n) is 2.39. The van der Waals surface area contributed by atoms with Crippen LogP contribution in [0.2, 0.25) is 0 Å². The molecule has 2 aromatic rings. The molecule has 0 aliphatic carbocycles. The average molecular weight is 260 g/mol. The van der Waals surface area contributed by atoms with Crippen LogP contribution in [-0.2, 0) is 0 Å². The minimum Gasteiger partial charge on any atom is -0.478 e. The van der Waals surface area contributed by atoms with Gasteiger partial charge in [0, 0.05) is 17.3 Å². The summed E-state index contributed by atoms with van der Waals surface area (Å²) in [4.78, 5) is 20.2. The highest BCUT2D eigenvalue weighted by Gasteiger charge is 2.14. The minimum atomic E-state index is -0.937. The summed E-state index contributed by atoms with van der Waals surface area (Å²) in [6.07, 6.45) is 3.43. The lowest BCUT2D eigenvalue weighted by Crippen LogP contribution is -2.00. The zero-order valence-electron chi connectivity index (χ0n) is 10.0. The number of hydrogen-bond donors (Lipinski definition) is 1. The number of aryl methyl sites for hydroxylation is 2. The van der Waals surface area contributed by atoms with Gasteiger partial charge in [0.25, 0.3) is 0 Å². The van der Waals surface area contributed by atoms with Crippen molar-refractivity contribution in [1.29, 1.82) is 0 Å². The van der Waals surface area contributed by atoms with E-state index in [2.05, 4.69) is 9.97 Å². The lowest BCUT2D eigenvalue weighted by atomic mass is 10.1. The Morgan fingerprint density at radius 2 is 1.89 bits per heavy atom. The van der Waals surface area contributed by atoms with Crippen LogP contribution in [0.1, 0.15) is 21.5 Å². The molecule has 92 valence electrons. The fourth-order valence-electron chi connectivity index (χ4n) is 1.48. The van der Waals surface area contributed by atoms with E-state index in [0.717, 1.165) is 11.1 Å². The number of aromatic nitrogens is 2. The van der Waals surface area contributed by atoms with Crippen molar-refractivity contribution in [3.05, 3.63) is 47.3 Å². The summed E-state index contributed by atoms with van der Waals surface area (Å²) in [6, 6.07) is 5.20. The standard InChI is InChI=1S/C13H12N2O2S/c1-8-6-14-13(15-7-8)18-11-9(2)4-3-5-10(11)12(16)17/h3-7H,1-2H3,(H,16,17). The highest BCUT2D eigenvalue weighted by Crippen LogP contribution is 2.30. The molecule has 5 heteroatoms. The molecule has 0 radical (unpaired) electrons. The normalized spacial score (nSPS) is 10.3. The SMILES string of the molecule is Cc1cnc(Sc2c(C)cccc2C(=O)O)nc1. The number of nitrogens with zero attached hydrogens (tertiary/aromatic N) is 2. The first-order valence-electron chi connectivity index (χ1n) is 5.37. The van der Waals surface area contributed by atoms with Crippen molar-refractivity contribution in [3.8, 4) is 0 Å². The number of benzene rings is 1. The van der Waals surface area contributed by atoms with Gasteiger partial charge < -0.3 is 5.11 Å². The van der Waals surface area contributed by atoms with Gasteiger partial charge in [-0.2, -0.15) is 0 Å². The minimum absolute atomic E-state index is 0.282. The number of hydrogen-bond acceptors (Lipinski definition) is 4. The monoisotopic (exact) mass is 260 g/mol. The van der Waals surface area contributed by atoms with Gasteiger partial charge >= 0.3 is 5.97 Å². The molecular formula is C13H12N2O2S. The largest absolute Gasteiger partial charge is 0.478 e. The van der Waals surface area contributed by atoms with E-state index < -0.39 is 5.97 Å². The zero-order valence-corrected chi connectivity index (χ0v) is 10.9. The molecule has 0 atom stereocenters. The van der Waals surface area contributed by atoms with Crippen molar-refractivity contribution in [3.63, 3.8) is 0 Å². The molecule has 18 heavy (non-hydrogen) atoms. The van der Waals surface area contributed by atoms with Gasteiger partial charge in [-0.1, -0.05) is 12.1 Å². The number of carboxylic acids is 1. The van der Waals surface area contributed by atoms with Crippen molar-refractivity contribution >= 4 is 17.7 Å². The van der Waals surface area contributed by atoms with E-state index in [1.54, 1.807) is 24.5 Å². The Hall–Kier alpha value is -1.88. The molecule has 0 saturated carbocycles. The van der Waals surface area contributed by atoms with E-state index in [0.29, 0.717) is 10.1 Å². The lowest BCUT2D eigenvalue weighted by molar-refractivity contribution is 0.0693. The topological polar surface area (TPSA) is 63.1 Å². The lowest BCUT2D eigenvalue weighted by Gasteiger charge is -2.07. The maximum absolute atomic E-state index is 11.2. The van der Waals surface area contributed by atoms with Gasteiger partial charge in [-0.25, -0.2) is 14.8 Å². The van der Waals surface area contributed by atoms with Crippen LogP contribution in [0.25, 0.3) is 0 Å². The van der Waals surface area contributed by atoms with Crippen molar-refractivity contribution in [1.82, 2.24) is 9.97 Å². The molecular weight excluding hydrogens is 248 g/mol. The molecule has 0 bridgehead atoms. The molecule has 2 rings (SSSR count). The molecule has 0 unspecified atom stereocenters. The Balaban J connectivity index is 2.39. The van der Waals surface area contributed by atoms with E-state index >= 15 is 0 Å². The molecule has 1 N–H and O–H groups in total. The predicted molar refractivity (Wildman–Crippen MR) is 69.0 cm³/mol. The molecule has 1 aromatic carbocycles. The first-order chi connectivity index (χ1) is 8.58. The van der Waals surface area contributed by atoms with Crippen LogP contribution in [0, 0.1) is 13.8 Å². The van der Waals surface area contributed by atoms with Crippen LogP contribution < -0.4 is 0 Å². The van der Waals surface area contributed by atoms with Crippen molar-refractivity contribution < 1.29 is 9.90 Å². The fraction of sp³-hybridized carbons (Fsp3) is 0.154. The molecule has 0 aliphatic heterocycles. The summed E-state index contributed by atoms with van der Waals surface area (Å²) < 4.78 is 0. The number of carboxylic acid groups (broad SMARTS) is 1. The maximum Gasteiger partial charge on any atom is 0.336 e. The summed E-state index contributed by atoms with van der Waals surface area (Å²) in [7, 11) is 0. The second-order valence-electron chi connectivity index (χ2n) is 3.90. The quantitative estimate of drug-likeness (QED) is 0.860. The van der Waals surface area contributed by atoms with Gasteiger partial charge in [0.05, 0.1) is 5.56 Å². The van der Waals surface area contributed by atoms with Crippen LogP contribution >= 0.6 is 11.8 Å². The first-order valence-corrected chi connectivity index (χ1v) is 6.19. The summed E-state index contributed by atoms with van der Waals surface area (Å²) in [6.45, 7) is 3.79. The second-order valence-corrected chi connectivity index (χ2v) is 4.88. The Bertz CT molecular complexity index is 582. The van der Waals surface area contributed by atoms with Crippen LogP contribution in [0.4, 0.5) is 0 Å². The molecule has 1 aromatic heterocycles. The van der Waals surface area contributed by atoms with Gasteiger partial charge in [-0.15, -0.1) is 0 Å². The molecule has 0 fully saturated rings. The molecule has 0 spiro atoms. The Kier molecular flexibility index (Phi) is 3.62. The van der Waals surface area contributed by atoms with Gasteiger partial charge in [0.2, 0.25) is 0 Å². The molecule has 0 amide bonds. The van der Waals surface area contributed by atoms with Crippen LogP contribution in [0.15, 0.2) is 40.6 Å². The van der Waals surface area contributed by atoms with Crippen molar-refractivity contribution in [2.75, 3.05) is 0 Å². The first kappa shape index (κ1) is 12.6. The Morgan fingerprint density at radius 3 is 2.50 bits per heavy atom. The van der Waals surface area contributed by atoms with E-state index in [4.69, 9.17) is 5.11 Å². The van der Waals surface area contributed by atoms with Crippen LogP contribution in [-0.4, -0.2) is 21.0 Å². The highest BCUT2D eigenvalue weighted by molar-refractivity contribution is 7.99. The van der Waals surface area contributed by atoms with Crippen molar-refractivity contribution in [2.45, 2.75) is 23.9 Å². The summed E-state index contributed by atoms with van der Waals surface area (Å²) >= 11 is 1.27. The van der Waals surface area contributed by atoms with Gasteiger partial charge in [0.1, 0.15) is 0 Å². The smallest absolute Gasteiger partial charge is 0.336 e. The Labute approximate surface area is 109 Å². The van der Waals surface area contributed by atoms with E-state index in [1.165, 1.54) is 11.8 Å². The summed E-state index contributed by atoms with van der Waals surface area (Å²) in [5.74, 6) is -0.937. The molecule has 0 saturated heterocycles. The number of rotatable bonds is 3. The van der Waals surface area contributed by atoms with Crippen LogP contribution in [0.3, 0.4) is 0 Å². The van der Waals surface area contributed by atoms with Gasteiger partial charge in [0.15, 0.2) is 5.16 Å². The summed E-state index contributed by atoms with van der Waals surface area (Å²) in [5.41, 5.74) is 2.16. The van der Waals surface area contributed by atoms with Gasteiger partial charge in [-0.05, 0) is 42.8 Å².